The summed E-state index contributed by atoms with van der Waals surface area (Å²) >= 11 is 0. The molecule has 0 amide bonds. The fourth-order valence-corrected chi connectivity index (χ4v) is 0.952. The number of nitriles is 1. The topological polar surface area (TPSA) is 70.0 Å². The lowest BCUT2D eigenvalue weighted by atomic mass is 10.1. The Morgan fingerprint density at radius 1 is 1.58 bits per heavy atom. The summed E-state index contributed by atoms with van der Waals surface area (Å²) < 4.78 is 0. The van der Waals surface area contributed by atoms with Gasteiger partial charge >= 0.3 is 0 Å². The van der Waals surface area contributed by atoms with Crippen LogP contribution in [0.1, 0.15) is 17.2 Å². The van der Waals surface area contributed by atoms with E-state index >= 15 is 0 Å². The summed E-state index contributed by atoms with van der Waals surface area (Å²) in [6, 6.07) is 8.80. The zero-order chi connectivity index (χ0) is 8.97. The molecule has 1 rings (SSSR count). The summed E-state index contributed by atoms with van der Waals surface area (Å²) in [5, 5.41) is 17.9. The van der Waals surface area contributed by atoms with Crippen molar-refractivity contribution in [3.8, 4) is 6.07 Å². The molecule has 1 atom stereocenters. The Balaban J connectivity index is 2.95. The number of nitrogens with two attached hydrogens (primary N) is 1. The number of nitrogens with zero attached hydrogens (tertiary/aromatic N) is 1. The molecule has 0 aliphatic rings. The van der Waals surface area contributed by atoms with Crippen LogP contribution in [0.2, 0.25) is 0 Å². The van der Waals surface area contributed by atoms with Gasteiger partial charge in [0, 0.05) is 6.54 Å². The SMILES string of the molecule is N#Cc1cccc([C@@H](O)CN)c1. The van der Waals surface area contributed by atoms with Gasteiger partial charge in [-0.3, -0.25) is 0 Å². The van der Waals surface area contributed by atoms with E-state index in [1.54, 1.807) is 24.3 Å². The van der Waals surface area contributed by atoms with Gasteiger partial charge < -0.3 is 10.8 Å². The Kier molecular flexibility index (Phi) is 2.81. The van der Waals surface area contributed by atoms with Gasteiger partial charge in [-0.15, -0.1) is 0 Å². The quantitative estimate of drug-likeness (QED) is 0.667. The Hall–Kier alpha value is -1.37. The first-order chi connectivity index (χ1) is 5.77. The number of aliphatic hydroxyl groups excluding tert-OH is 1. The summed E-state index contributed by atoms with van der Waals surface area (Å²) in [6.07, 6.45) is -0.668. The van der Waals surface area contributed by atoms with E-state index in [2.05, 4.69) is 0 Å². The molecule has 3 nitrogen and oxygen atoms in total. The van der Waals surface area contributed by atoms with E-state index in [9.17, 15) is 5.11 Å². The van der Waals surface area contributed by atoms with Crippen molar-refractivity contribution in [2.24, 2.45) is 5.73 Å². The van der Waals surface area contributed by atoms with Crippen LogP contribution in [0.3, 0.4) is 0 Å². The maximum atomic E-state index is 9.31. The van der Waals surface area contributed by atoms with Gasteiger partial charge in [0.15, 0.2) is 0 Å². The molecule has 0 heterocycles. The lowest BCUT2D eigenvalue weighted by Crippen LogP contribution is -2.11. The summed E-state index contributed by atoms with van der Waals surface area (Å²) in [4.78, 5) is 0. The van der Waals surface area contributed by atoms with Gasteiger partial charge in [0.1, 0.15) is 0 Å². The summed E-state index contributed by atoms with van der Waals surface area (Å²) in [7, 11) is 0. The first-order valence-corrected chi connectivity index (χ1v) is 3.66. The standard InChI is InChI=1S/C9H10N2O/c10-5-7-2-1-3-8(4-7)9(12)6-11/h1-4,9,12H,6,11H2/t9-/m0/s1. The van der Waals surface area contributed by atoms with Crippen molar-refractivity contribution < 1.29 is 5.11 Å². The van der Waals surface area contributed by atoms with E-state index in [0.717, 1.165) is 0 Å². The predicted octanol–water partition coefficient (Wildman–Crippen LogP) is 0.550. The maximum absolute atomic E-state index is 9.31. The lowest BCUT2D eigenvalue weighted by molar-refractivity contribution is 0.186. The largest absolute Gasteiger partial charge is 0.387 e. The molecule has 1 aromatic carbocycles. The molecular weight excluding hydrogens is 152 g/mol. The van der Waals surface area contributed by atoms with Gasteiger partial charge in [-0.05, 0) is 17.7 Å². The van der Waals surface area contributed by atoms with Crippen LogP contribution in [-0.2, 0) is 0 Å². The van der Waals surface area contributed by atoms with Crippen molar-refractivity contribution in [2.45, 2.75) is 6.10 Å². The van der Waals surface area contributed by atoms with E-state index in [4.69, 9.17) is 11.0 Å². The smallest absolute Gasteiger partial charge is 0.0991 e. The van der Waals surface area contributed by atoms with Crippen LogP contribution in [0, 0.1) is 11.3 Å². The van der Waals surface area contributed by atoms with Crippen LogP contribution in [-0.4, -0.2) is 11.7 Å². The number of hydrogen-bond acceptors (Lipinski definition) is 3. The zero-order valence-corrected chi connectivity index (χ0v) is 6.57. The number of benzene rings is 1. The van der Waals surface area contributed by atoms with Crippen LogP contribution in [0.5, 0.6) is 0 Å². The van der Waals surface area contributed by atoms with Crippen molar-refractivity contribution in [3.05, 3.63) is 35.4 Å². The highest BCUT2D eigenvalue weighted by molar-refractivity contribution is 5.33. The number of rotatable bonds is 2. The molecule has 0 saturated carbocycles. The molecule has 1 aromatic rings. The molecular formula is C9H10N2O. The van der Waals surface area contributed by atoms with E-state index in [1.165, 1.54) is 0 Å². The second-order valence-corrected chi connectivity index (χ2v) is 2.49. The molecule has 12 heavy (non-hydrogen) atoms. The second kappa shape index (κ2) is 3.86. The molecule has 0 aromatic heterocycles. The minimum absolute atomic E-state index is 0.175. The molecule has 0 unspecified atom stereocenters. The minimum Gasteiger partial charge on any atom is -0.387 e. The molecule has 0 aliphatic carbocycles. The molecule has 3 N–H and O–H groups in total. The van der Waals surface area contributed by atoms with Crippen LogP contribution >= 0.6 is 0 Å². The molecule has 0 spiro atoms. The normalized spacial score (nSPS) is 12.1. The molecule has 3 heteroatoms. The average Bonchev–Trinajstić information content (AvgIpc) is 2.17. The first-order valence-electron chi connectivity index (χ1n) is 3.66. The van der Waals surface area contributed by atoms with Crippen molar-refractivity contribution in [1.29, 1.82) is 5.26 Å². The molecule has 0 aliphatic heterocycles. The van der Waals surface area contributed by atoms with E-state index in [1.807, 2.05) is 6.07 Å². The highest BCUT2D eigenvalue weighted by Gasteiger charge is 2.04. The van der Waals surface area contributed by atoms with Gasteiger partial charge in [-0.25, -0.2) is 0 Å². The predicted molar refractivity (Wildman–Crippen MR) is 45.2 cm³/mol. The van der Waals surface area contributed by atoms with E-state index in [-0.39, 0.29) is 6.54 Å². The van der Waals surface area contributed by atoms with Gasteiger partial charge in [0.2, 0.25) is 0 Å². The Morgan fingerprint density at radius 2 is 2.33 bits per heavy atom. The fraction of sp³-hybridized carbons (Fsp3) is 0.222. The molecule has 0 bridgehead atoms. The molecule has 0 radical (unpaired) electrons. The molecule has 0 saturated heterocycles. The zero-order valence-electron chi connectivity index (χ0n) is 6.57. The highest BCUT2D eigenvalue weighted by Crippen LogP contribution is 2.12. The van der Waals surface area contributed by atoms with Gasteiger partial charge in [-0.1, -0.05) is 12.1 Å². The third-order valence-electron chi connectivity index (χ3n) is 1.62. The van der Waals surface area contributed by atoms with Gasteiger partial charge in [0.05, 0.1) is 17.7 Å². The highest BCUT2D eigenvalue weighted by atomic mass is 16.3. The van der Waals surface area contributed by atoms with Crippen molar-refractivity contribution >= 4 is 0 Å². The van der Waals surface area contributed by atoms with Crippen LogP contribution in [0.15, 0.2) is 24.3 Å². The molecule has 0 fully saturated rings. The lowest BCUT2D eigenvalue weighted by Gasteiger charge is -2.06. The van der Waals surface area contributed by atoms with Crippen LogP contribution < -0.4 is 5.73 Å². The van der Waals surface area contributed by atoms with E-state index in [0.29, 0.717) is 11.1 Å². The number of aliphatic hydroxyl groups is 1. The minimum atomic E-state index is -0.668. The Morgan fingerprint density at radius 3 is 2.92 bits per heavy atom. The summed E-state index contributed by atoms with van der Waals surface area (Å²) in [6.45, 7) is 0.175. The molecule has 62 valence electrons. The third-order valence-corrected chi connectivity index (χ3v) is 1.62. The Bertz CT molecular complexity index is 304. The second-order valence-electron chi connectivity index (χ2n) is 2.49. The van der Waals surface area contributed by atoms with Crippen LogP contribution in [0.25, 0.3) is 0 Å². The van der Waals surface area contributed by atoms with Crippen molar-refractivity contribution in [2.75, 3.05) is 6.54 Å². The number of hydrogen-bond donors (Lipinski definition) is 2. The average molecular weight is 162 g/mol. The van der Waals surface area contributed by atoms with Gasteiger partial charge in [0.25, 0.3) is 0 Å². The fourth-order valence-electron chi connectivity index (χ4n) is 0.952. The Labute approximate surface area is 71.1 Å². The summed E-state index contributed by atoms with van der Waals surface area (Å²) in [5.74, 6) is 0. The van der Waals surface area contributed by atoms with Crippen molar-refractivity contribution in [1.82, 2.24) is 0 Å². The van der Waals surface area contributed by atoms with Crippen molar-refractivity contribution in [3.63, 3.8) is 0 Å². The van der Waals surface area contributed by atoms with Crippen LogP contribution in [0.4, 0.5) is 0 Å². The van der Waals surface area contributed by atoms with E-state index < -0.39 is 6.10 Å². The summed E-state index contributed by atoms with van der Waals surface area (Å²) in [5.41, 5.74) is 6.50. The monoisotopic (exact) mass is 162 g/mol. The first kappa shape index (κ1) is 8.72. The van der Waals surface area contributed by atoms with Gasteiger partial charge in [-0.2, -0.15) is 5.26 Å². The maximum Gasteiger partial charge on any atom is 0.0991 e. The third kappa shape index (κ3) is 1.82.